The summed E-state index contributed by atoms with van der Waals surface area (Å²) in [6.45, 7) is 6.88. The molecule has 0 fully saturated rings. The van der Waals surface area contributed by atoms with Crippen molar-refractivity contribution in [2.75, 3.05) is 32.0 Å². The first-order valence-corrected chi connectivity index (χ1v) is 11.2. The van der Waals surface area contributed by atoms with Gasteiger partial charge in [0.05, 0.1) is 32.6 Å². The second kappa shape index (κ2) is 9.29. The molecule has 178 valence electrons. The topological polar surface area (TPSA) is 51.8 Å². The van der Waals surface area contributed by atoms with Gasteiger partial charge in [0, 0.05) is 41.1 Å². The number of hydrogen-bond acceptors (Lipinski definition) is 5. The van der Waals surface area contributed by atoms with Crippen molar-refractivity contribution in [3.05, 3.63) is 71.6 Å². The monoisotopic (exact) mass is 462 g/mol. The second-order valence-corrected chi connectivity index (χ2v) is 8.93. The first kappa shape index (κ1) is 23.5. The van der Waals surface area contributed by atoms with Crippen LogP contribution in [0.4, 0.5) is 15.8 Å². The van der Waals surface area contributed by atoms with Crippen molar-refractivity contribution in [2.24, 2.45) is 0 Å². The standard InChI is InChI=1S/C28H31FN2O3/c1-17-15-28(2,3)31-22-14-25(34-6)27(19-12-11-18(29)13-24(19)33-5)20(26(17)22)16-30-21-9-7-8-10-23(21)32-4/h7-15,30-31H,16H2,1-6H3. The molecule has 34 heavy (non-hydrogen) atoms. The predicted molar refractivity (Wildman–Crippen MR) is 137 cm³/mol. The molecule has 1 aliphatic heterocycles. The smallest absolute Gasteiger partial charge is 0.141 e. The molecule has 0 aromatic heterocycles. The lowest BCUT2D eigenvalue weighted by atomic mass is 9.84. The molecule has 0 amide bonds. The maximum Gasteiger partial charge on any atom is 0.141 e. The van der Waals surface area contributed by atoms with E-state index in [9.17, 15) is 4.39 Å². The van der Waals surface area contributed by atoms with E-state index < -0.39 is 0 Å². The molecular formula is C28H31FN2O3. The fourth-order valence-corrected chi connectivity index (χ4v) is 4.74. The van der Waals surface area contributed by atoms with Gasteiger partial charge in [0.2, 0.25) is 0 Å². The molecule has 0 atom stereocenters. The molecule has 4 rings (SSSR count). The van der Waals surface area contributed by atoms with E-state index in [4.69, 9.17) is 14.2 Å². The Balaban J connectivity index is 1.96. The predicted octanol–water partition coefficient (Wildman–Crippen LogP) is 6.74. The van der Waals surface area contributed by atoms with Crippen molar-refractivity contribution < 1.29 is 18.6 Å². The molecule has 0 radical (unpaired) electrons. The molecule has 6 heteroatoms. The van der Waals surface area contributed by atoms with Gasteiger partial charge in [0.1, 0.15) is 23.1 Å². The van der Waals surface area contributed by atoms with Crippen molar-refractivity contribution in [2.45, 2.75) is 32.9 Å². The van der Waals surface area contributed by atoms with Gasteiger partial charge in [-0.1, -0.05) is 18.2 Å². The Morgan fingerprint density at radius 2 is 1.59 bits per heavy atom. The minimum atomic E-state index is -0.356. The van der Waals surface area contributed by atoms with Crippen molar-refractivity contribution in [3.63, 3.8) is 0 Å². The zero-order valence-corrected chi connectivity index (χ0v) is 20.5. The van der Waals surface area contributed by atoms with Crippen LogP contribution < -0.4 is 24.8 Å². The van der Waals surface area contributed by atoms with Gasteiger partial charge in [0.15, 0.2) is 0 Å². The van der Waals surface area contributed by atoms with E-state index in [0.717, 1.165) is 45.0 Å². The second-order valence-electron chi connectivity index (χ2n) is 8.93. The molecule has 0 spiro atoms. The molecule has 3 aromatic rings. The number of para-hydroxylation sites is 2. The number of halogens is 1. The van der Waals surface area contributed by atoms with Crippen LogP contribution in [0.2, 0.25) is 0 Å². The van der Waals surface area contributed by atoms with Crippen LogP contribution >= 0.6 is 0 Å². The Labute approximate surface area is 200 Å². The first-order valence-electron chi connectivity index (χ1n) is 11.2. The summed E-state index contributed by atoms with van der Waals surface area (Å²) in [4.78, 5) is 0. The highest BCUT2D eigenvalue weighted by Crippen LogP contribution is 2.47. The van der Waals surface area contributed by atoms with E-state index in [1.165, 1.54) is 12.1 Å². The number of fused-ring (bicyclic) bond motifs is 1. The highest BCUT2D eigenvalue weighted by atomic mass is 19.1. The number of allylic oxidation sites excluding steroid dienone is 1. The summed E-state index contributed by atoms with van der Waals surface area (Å²) in [5.41, 5.74) is 6.54. The summed E-state index contributed by atoms with van der Waals surface area (Å²) >= 11 is 0. The van der Waals surface area contributed by atoms with E-state index in [2.05, 4.69) is 37.5 Å². The summed E-state index contributed by atoms with van der Waals surface area (Å²) in [5, 5.41) is 7.15. The molecule has 0 bridgehead atoms. The Morgan fingerprint density at radius 3 is 2.29 bits per heavy atom. The molecular weight excluding hydrogens is 431 g/mol. The van der Waals surface area contributed by atoms with Gasteiger partial charge >= 0.3 is 0 Å². The van der Waals surface area contributed by atoms with Gasteiger partial charge in [0.25, 0.3) is 0 Å². The van der Waals surface area contributed by atoms with E-state index in [1.54, 1.807) is 27.4 Å². The number of nitrogens with one attached hydrogen (secondary N) is 2. The molecule has 0 saturated carbocycles. The highest BCUT2D eigenvalue weighted by Gasteiger charge is 2.29. The number of ether oxygens (including phenoxy) is 3. The van der Waals surface area contributed by atoms with Crippen molar-refractivity contribution in [1.82, 2.24) is 0 Å². The lowest BCUT2D eigenvalue weighted by Gasteiger charge is -2.34. The number of anilines is 2. The van der Waals surface area contributed by atoms with E-state index in [-0.39, 0.29) is 11.4 Å². The first-order chi connectivity index (χ1) is 16.3. The summed E-state index contributed by atoms with van der Waals surface area (Å²) in [6.07, 6.45) is 2.22. The lowest BCUT2D eigenvalue weighted by molar-refractivity contribution is 0.408. The zero-order chi connectivity index (χ0) is 24.5. The number of benzene rings is 3. The summed E-state index contributed by atoms with van der Waals surface area (Å²) in [7, 11) is 4.85. The van der Waals surface area contributed by atoms with Crippen LogP contribution in [-0.2, 0) is 6.54 Å². The summed E-state index contributed by atoms with van der Waals surface area (Å²) < 4.78 is 31.0. The quantitative estimate of drug-likeness (QED) is 0.407. The third kappa shape index (κ3) is 4.40. The minimum absolute atomic E-state index is 0.204. The zero-order valence-electron chi connectivity index (χ0n) is 20.5. The Bertz CT molecular complexity index is 1250. The molecule has 3 aromatic carbocycles. The third-order valence-electron chi connectivity index (χ3n) is 6.04. The largest absolute Gasteiger partial charge is 0.496 e. The molecule has 1 aliphatic rings. The number of hydrogen-bond donors (Lipinski definition) is 2. The Morgan fingerprint density at radius 1 is 0.882 bits per heavy atom. The van der Waals surface area contributed by atoms with E-state index >= 15 is 0 Å². The van der Waals surface area contributed by atoms with Gasteiger partial charge in [-0.25, -0.2) is 4.39 Å². The number of methoxy groups -OCH3 is 3. The molecule has 0 unspecified atom stereocenters. The Hall–Kier alpha value is -3.67. The average Bonchev–Trinajstić information content (AvgIpc) is 2.81. The normalized spacial score (nSPS) is 13.9. The SMILES string of the molecule is COc1ccccc1NCc1c2c(cc(OC)c1-c1ccc(F)cc1OC)NC(C)(C)C=C2C. The van der Waals surface area contributed by atoms with Crippen LogP contribution in [0.1, 0.15) is 31.9 Å². The lowest BCUT2D eigenvalue weighted by Crippen LogP contribution is -2.32. The third-order valence-corrected chi connectivity index (χ3v) is 6.04. The van der Waals surface area contributed by atoms with Crippen LogP contribution in [0.5, 0.6) is 17.2 Å². The van der Waals surface area contributed by atoms with E-state index in [0.29, 0.717) is 18.0 Å². The summed E-state index contributed by atoms with van der Waals surface area (Å²) in [6, 6.07) is 14.4. The van der Waals surface area contributed by atoms with Gasteiger partial charge in [-0.15, -0.1) is 0 Å². The molecule has 1 heterocycles. The van der Waals surface area contributed by atoms with E-state index in [1.807, 2.05) is 30.3 Å². The molecule has 0 aliphatic carbocycles. The maximum atomic E-state index is 14.0. The molecule has 2 N–H and O–H groups in total. The van der Waals surface area contributed by atoms with Crippen LogP contribution in [0.15, 0.2) is 54.6 Å². The van der Waals surface area contributed by atoms with Crippen molar-refractivity contribution >= 4 is 16.9 Å². The summed E-state index contributed by atoms with van der Waals surface area (Å²) in [5.74, 6) is 1.53. The fraction of sp³-hybridized carbons (Fsp3) is 0.286. The molecule has 5 nitrogen and oxygen atoms in total. The minimum Gasteiger partial charge on any atom is -0.496 e. The van der Waals surface area contributed by atoms with Crippen molar-refractivity contribution in [3.8, 4) is 28.4 Å². The average molecular weight is 463 g/mol. The number of rotatable bonds is 7. The van der Waals surface area contributed by atoms with Crippen molar-refractivity contribution in [1.29, 1.82) is 0 Å². The van der Waals surface area contributed by atoms with Crippen LogP contribution in [-0.4, -0.2) is 26.9 Å². The van der Waals surface area contributed by atoms with Crippen LogP contribution in [0, 0.1) is 5.82 Å². The molecule has 0 saturated heterocycles. The van der Waals surface area contributed by atoms with Gasteiger partial charge in [-0.3, -0.25) is 0 Å². The van der Waals surface area contributed by atoms with Gasteiger partial charge in [-0.05, 0) is 56.2 Å². The Kier molecular flexibility index (Phi) is 6.42. The fourth-order valence-electron chi connectivity index (χ4n) is 4.74. The highest BCUT2D eigenvalue weighted by molar-refractivity contribution is 5.92. The van der Waals surface area contributed by atoms with Crippen LogP contribution in [0.25, 0.3) is 16.7 Å². The maximum absolute atomic E-state index is 14.0. The van der Waals surface area contributed by atoms with Crippen LogP contribution in [0.3, 0.4) is 0 Å². The van der Waals surface area contributed by atoms with Gasteiger partial charge < -0.3 is 24.8 Å². The van der Waals surface area contributed by atoms with Gasteiger partial charge in [-0.2, -0.15) is 0 Å².